The third-order valence-corrected chi connectivity index (χ3v) is 1.77. The highest BCUT2D eigenvalue weighted by Gasteiger charge is 2.07. The summed E-state index contributed by atoms with van der Waals surface area (Å²) in [5.41, 5.74) is 0.344. The van der Waals surface area contributed by atoms with E-state index < -0.39 is 4.92 Å². The van der Waals surface area contributed by atoms with Gasteiger partial charge in [-0.1, -0.05) is 11.3 Å². The molecule has 0 saturated heterocycles. The molecule has 0 fully saturated rings. The summed E-state index contributed by atoms with van der Waals surface area (Å²) in [4.78, 5) is 9.53. The van der Waals surface area contributed by atoms with Gasteiger partial charge >= 0.3 is 5.00 Å². The molecule has 1 rings (SSSR count). The standard InChI is InChI=1S/C5H2N2O2S/c6-2-4-1-5(7(8)9)10-3-4/h1,3H. The summed E-state index contributed by atoms with van der Waals surface area (Å²) >= 11 is 0.961. The lowest BCUT2D eigenvalue weighted by atomic mass is 10.4. The number of nitro groups is 1. The van der Waals surface area contributed by atoms with E-state index in [-0.39, 0.29) is 5.00 Å². The molecule has 0 aliphatic heterocycles. The number of nitrogens with zero attached hydrogens (tertiary/aromatic N) is 2. The van der Waals surface area contributed by atoms with Crippen molar-refractivity contribution in [2.75, 3.05) is 0 Å². The van der Waals surface area contributed by atoms with Crippen LogP contribution in [0.25, 0.3) is 0 Å². The second-order valence-corrected chi connectivity index (χ2v) is 2.43. The second kappa shape index (κ2) is 2.45. The molecule has 5 heteroatoms. The predicted octanol–water partition coefficient (Wildman–Crippen LogP) is 1.53. The van der Waals surface area contributed by atoms with E-state index >= 15 is 0 Å². The van der Waals surface area contributed by atoms with Gasteiger partial charge in [0.1, 0.15) is 6.07 Å². The fraction of sp³-hybridized carbons (Fsp3) is 0. The first-order valence-electron chi connectivity index (χ1n) is 2.37. The van der Waals surface area contributed by atoms with Crippen molar-refractivity contribution in [1.29, 1.82) is 5.26 Å². The summed E-state index contributed by atoms with van der Waals surface area (Å²) in [7, 11) is 0. The van der Waals surface area contributed by atoms with E-state index in [9.17, 15) is 10.1 Å². The molecule has 50 valence electrons. The van der Waals surface area contributed by atoms with Crippen LogP contribution in [0, 0.1) is 21.4 Å². The van der Waals surface area contributed by atoms with Crippen molar-refractivity contribution in [2.24, 2.45) is 0 Å². The maximum Gasteiger partial charge on any atom is 0.325 e. The number of nitriles is 1. The Labute approximate surface area is 60.5 Å². The van der Waals surface area contributed by atoms with Gasteiger partial charge in [0, 0.05) is 11.4 Å². The number of hydrogen-bond donors (Lipinski definition) is 0. The second-order valence-electron chi connectivity index (χ2n) is 1.54. The Morgan fingerprint density at radius 2 is 2.50 bits per heavy atom. The van der Waals surface area contributed by atoms with E-state index in [4.69, 9.17) is 5.26 Å². The fourth-order valence-corrected chi connectivity index (χ4v) is 1.13. The zero-order valence-corrected chi connectivity index (χ0v) is 5.59. The Balaban J connectivity index is 3.02. The van der Waals surface area contributed by atoms with E-state index in [2.05, 4.69) is 0 Å². The van der Waals surface area contributed by atoms with Gasteiger partial charge in [-0.2, -0.15) is 5.26 Å². The highest BCUT2D eigenvalue weighted by Crippen LogP contribution is 2.21. The summed E-state index contributed by atoms with van der Waals surface area (Å²) in [6.45, 7) is 0. The van der Waals surface area contributed by atoms with Crippen LogP contribution < -0.4 is 0 Å². The van der Waals surface area contributed by atoms with Crippen molar-refractivity contribution >= 4 is 16.3 Å². The molecule has 1 aromatic rings. The quantitative estimate of drug-likeness (QED) is 0.455. The average molecular weight is 154 g/mol. The van der Waals surface area contributed by atoms with Crippen molar-refractivity contribution in [2.45, 2.75) is 0 Å². The molecule has 0 amide bonds. The van der Waals surface area contributed by atoms with Gasteiger partial charge in [-0.3, -0.25) is 10.1 Å². The van der Waals surface area contributed by atoms with Crippen LogP contribution in [0.5, 0.6) is 0 Å². The van der Waals surface area contributed by atoms with E-state index in [0.717, 1.165) is 11.3 Å². The summed E-state index contributed by atoms with van der Waals surface area (Å²) in [5.74, 6) is 0. The molecule has 0 N–H and O–H groups in total. The smallest absolute Gasteiger partial charge is 0.258 e. The predicted molar refractivity (Wildman–Crippen MR) is 35.7 cm³/mol. The molecule has 0 aromatic carbocycles. The first-order chi connectivity index (χ1) is 4.74. The van der Waals surface area contributed by atoms with Crippen molar-refractivity contribution in [3.63, 3.8) is 0 Å². The van der Waals surface area contributed by atoms with Crippen LogP contribution in [0.15, 0.2) is 11.4 Å². The third kappa shape index (κ3) is 1.11. The summed E-state index contributed by atoms with van der Waals surface area (Å²) in [6, 6.07) is 3.06. The van der Waals surface area contributed by atoms with Crippen LogP contribution in [0.3, 0.4) is 0 Å². The number of thiophene rings is 1. The molecule has 4 nitrogen and oxygen atoms in total. The molecule has 1 heterocycles. The molecular formula is C5H2N2O2S. The van der Waals surface area contributed by atoms with Crippen LogP contribution >= 0.6 is 11.3 Å². The topological polar surface area (TPSA) is 66.9 Å². The van der Waals surface area contributed by atoms with E-state index in [0.29, 0.717) is 5.56 Å². The molecule has 0 aliphatic carbocycles. The minimum absolute atomic E-state index is 0.0107. The first-order valence-corrected chi connectivity index (χ1v) is 3.25. The number of hydrogen-bond acceptors (Lipinski definition) is 4. The van der Waals surface area contributed by atoms with Crippen LogP contribution in [0.2, 0.25) is 0 Å². The molecule has 0 aliphatic rings. The maximum absolute atomic E-state index is 10.0. The molecule has 0 bridgehead atoms. The lowest BCUT2D eigenvalue weighted by Crippen LogP contribution is -1.80. The van der Waals surface area contributed by atoms with Crippen LogP contribution in [0.4, 0.5) is 5.00 Å². The van der Waals surface area contributed by atoms with Gasteiger partial charge in [-0.25, -0.2) is 0 Å². The largest absolute Gasteiger partial charge is 0.325 e. The minimum atomic E-state index is -0.508. The van der Waals surface area contributed by atoms with Gasteiger partial charge in [0.15, 0.2) is 0 Å². The Kier molecular flexibility index (Phi) is 1.65. The molecule has 0 atom stereocenters. The van der Waals surface area contributed by atoms with E-state index in [1.54, 1.807) is 0 Å². The van der Waals surface area contributed by atoms with Crippen molar-refractivity contribution < 1.29 is 4.92 Å². The summed E-state index contributed by atoms with van der Waals surface area (Å²) in [5, 5.41) is 19.8. The van der Waals surface area contributed by atoms with Crippen molar-refractivity contribution in [3.05, 3.63) is 27.1 Å². The summed E-state index contributed by atoms with van der Waals surface area (Å²) < 4.78 is 0. The zero-order chi connectivity index (χ0) is 7.56. The van der Waals surface area contributed by atoms with Gasteiger partial charge in [-0.15, -0.1) is 0 Å². The maximum atomic E-state index is 10.0. The molecule has 0 saturated carbocycles. The number of rotatable bonds is 1. The Morgan fingerprint density at radius 3 is 2.80 bits per heavy atom. The Hall–Kier alpha value is -1.41. The van der Waals surface area contributed by atoms with Crippen LogP contribution in [0.1, 0.15) is 5.56 Å². The lowest BCUT2D eigenvalue weighted by molar-refractivity contribution is -0.380. The van der Waals surface area contributed by atoms with Gasteiger partial charge in [0.05, 0.1) is 10.5 Å². The minimum Gasteiger partial charge on any atom is -0.258 e. The zero-order valence-electron chi connectivity index (χ0n) is 4.77. The monoisotopic (exact) mass is 154 g/mol. The van der Waals surface area contributed by atoms with Gasteiger partial charge < -0.3 is 0 Å². The molecule has 1 aromatic heterocycles. The van der Waals surface area contributed by atoms with E-state index in [1.807, 2.05) is 6.07 Å². The molecule has 10 heavy (non-hydrogen) atoms. The van der Waals surface area contributed by atoms with Crippen molar-refractivity contribution in [1.82, 2.24) is 0 Å². The fourth-order valence-electron chi connectivity index (χ4n) is 0.479. The average Bonchev–Trinajstić information content (AvgIpc) is 2.34. The molecule has 0 radical (unpaired) electrons. The van der Waals surface area contributed by atoms with Crippen LogP contribution in [-0.2, 0) is 0 Å². The SMILES string of the molecule is N#Cc1csc([N+](=O)[O-])c1. The van der Waals surface area contributed by atoms with E-state index in [1.165, 1.54) is 11.4 Å². The third-order valence-electron chi connectivity index (χ3n) is 0.895. The summed E-state index contributed by atoms with van der Waals surface area (Å²) in [6.07, 6.45) is 0. The van der Waals surface area contributed by atoms with Crippen LogP contribution in [-0.4, -0.2) is 4.92 Å². The van der Waals surface area contributed by atoms with Gasteiger partial charge in [-0.05, 0) is 0 Å². The lowest BCUT2D eigenvalue weighted by Gasteiger charge is -1.77. The normalized spacial score (nSPS) is 8.70. The van der Waals surface area contributed by atoms with Crippen molar-refractivity contribution in [3.8, 4) is 6.07 Å². The molecule has 0 spiro atoms. The first kappa shape index (κ1) is 6.71. The van der Waals surface area contributed by atoms with Gasteiger partial charge in [0.25, 0.3) is 0 Å². The molecular weight excluding hydrogens is 152 g/mol. The highest BCUT2D eigenvalue weighted by atomic mass is 32.1. The Bertz CT molecular complexity index is 299. The molecule has 0 unspecified atom stereocenters. The van der Waals surface area contributed by atoms with Gasteiger partial charge in [0.2, 0.25) is 0 Å². The Morgan fingerprint density at radius 1 is 1.80 bits per heavy atom. The highest BCUT2D eigenvalue weighted by molar-refractivity contribution is 7.13.